The van der Waals surface area contributed by atoms with Gasteiger partial charge >= 0.3 is 0 Å². The van der Waals surface area contributed by atoms with Gasteiger partial charge in [-0.3, -0.25) is 9.59 Å². The lowest BCUT2D eigenvalue weighted by atomic mass is 9.98. The first-order valence-corrected chi connectivity index (χ1v) is 19.3. The number of fused-ring (bicyclic) bond motifs is 8. The summed E-state index contributed by atoms with van der Waals surface area (Å²) in [6.45, 7) is 4.47. The van der Waals surface area contributed by atoms with E-state index in [1.807, 2.05) is 24.3 Å². The number of carbonyl (C=O) groups is 2. The minimum absolute atomic E-state index is 0.219. The van der Waals surface area contributed by atoms with Gasteiger partial charge in [-0.15, -0.1) is 0 Å². The van der Waals surface area contributed by atoms with Crippen molar-refractivity contribution in [2.75, 3.05) is 0 Å². The summed E-state index contributed by atoms with van der Waals surface area (Å²) < 4.78 is 12.9. The zero-order chi connectivity index (χ0) is 34.5. The maximum absolute atomic E-state index is 13.0. The second-order valence-electron chi connectivity index (χ2n) is 14.5. The van der Waals surface area contributed by atoms with Gasteiger partial charge in [0.25, 0.3) is 0 Å². The minimum atomic E-state index is 0.219. The molecule has 2 aromatic heterocycles. The summed E-state index contributed by atoms with van der Waals surface area (Å²) in [5.41, 5.74) is 4.79. The molecule has 0 spiro atoms. The Morgan fingerprint density at radius 1 is 0.400 bits per heavy atom. The number of unbranched alkanes of at least 4 members (excludes halogenated alkanes) is 12. The van der Waals surface area contributed by atoms with Crippen molar-refractivity contribution >= 4 is 77.0 Å². The molecule has 0 atom stereocenters. The molecule has 0 radical (unpaired) electrons. The van der Waals surface area contributed by atoms with Crippen molar-refractivity contribution in [3.63, 3.8) is 0 Å². The van der Waals surface area contributed by atoms with Gasteiger partial charge in [-0.25, -0.2) is 0 Å². The molecule has 0 unspecified atom stereocenters. The largest absolute Gasteiger partial charge is 0.456 e. The third-order valence-corrected chi connectivity index (χ3v) is 10.6. The molecule has 0 bridgehead atoms. The van der Waals surface area contributed by atoms with Crippen LogP contribution in [0.15, 0.2) is 81.6 Å². The molecule has 2 heterocycles. The molecule has 50 heavy (non-hydrogen) atoms. The van der Waals surface area contributed by atoms with Crippen molar-refractivity contribution in [2.45, 2.75) is 117 Å². The highest BCUT2D eigenvalue weighted by atomic mass is 16.3. The highest BCUT2D eigenvalue weighted by Gasteiger charge is 2.16. The fraction of sp³-hybridized carbons (Fsp3) is 0.391. The predicted octanol–water partition coefficient (Wildman–Crippen LogP) is 14.4. The van der Waals surface area contributed by atoms with Gasteiger partial charge in [-0.1, -0.05) is 115 Å². The summed E-state index contributed by atoms with van der Waals surface area (Å²) in [6.07, 6.45) is 18.1. The van der Waals surface area contributed by atoms with E-state index in [2.05, 4.69) is 62.4 Å². The van der Waals surface area contributed by atoms with E-state index in [9.17, 15) is 9.59 Å². The maximum Gasteiger partial charge on any atom is 0.162 e. The van der Waals surface area contributed by atoms with Gasteiger partial charge in [0.1, 0.15) is 22.3 Å². The Morgan fingerprint density at radius 3 is 1.18 bits per heavy atom. The van der Waals surface area contributed by atoms with Crippen LogP contribution >= 0.6 is 0 Å². The summed E-state index contributed by atoms with van der Waals surface area (Å²) in [5, 5.41) is 8.29. The van der Waals surface area contributed by atoms with Crippen LogP contribution in [0.2, 0.25) is 0 Å². The number of Topliss-reactive ketones (excluding diaryl/α,β-unsaturated/α-hetero) is 2. The third-order valence-electron chi connectivity index (χ3n) is 10.6. The minimum Gasteiger partial charge on any atom is -0.456 e. The van der Waals surface area contributed by atoms with Crippen LogP contribution in [0.4, 0.5) is 0 Å². The summed E-state index contributed by atoms with van der Waals surface area (Å²) in [4.78, 5) is 26.0. The van der Waals surface area contributed by atoms with E-state index in [1.54, 1.807) is 0 Å². The van der Waals surface area contributed by atoms with Crippen molar-refractivity contribution in [2.24, 2.45) is 0 Å². The third kappa shape index (κ3) is 7.36. The van der Waals surface area contributed by atoms with Crippen molar-refractivity contribution in [3.05, 3.63) is 83.9 Å². The van der Waals surface area contributed by atoms with Gasteiger partial charge < -0.3 is 8.83 Å². The van der Waals surface area contributed by atoms with Crippen molar-refractivity contribution in [1.82, 2.24) is 0 Å². The van der Waals surface area contributed by atoms with Gasteiger partial charge in [0.15, 0.2) is 11.6 Å². The number of hydrogen-bond donors (Lipinski definition) is 0. The molecule has 0 saturated carbocycles. The Kier molecular flexibility index (Phi) is 10.6. The molecule has 0 amide bonds. The fourth-order valence-corrected chi connectivity index (χ4v) is 7.65. The standard InChI is InChI=1S/C46H50O4/c1-3-5-7-9-11-13-15-17-41(47)33-21-19-31-25-37-39-29-46-40(30-45(39)49-43(37)27-35(31)23-33)38-26-32-20-22-34(24-36(32)28-44(38)50-46)42(48)18-16-14-12-10-8-6-4-2/h19-30H,3-18H2,1-2H3. The van der Waals surface area contributed by atoms with E-state index >= 15 is 0 Å². The van der Waals surface area contributed by atoms with Crippen LogP contribution in [0, 0.1) is 0 Å². The van der Waals surface area contributed by atoms with Crippen molar-refractivity contribution in [1.29, 1.82) is 0 Å². The van der Waals surface area contributed by atoms with Gasteiger partial charge in [-0.05, 0) is 82.9 Å². The molecular weight excluding hydrogens is 617 g/mol. The van der Waals surface area contributed by atoms with Crippen LogP contribution in [0.5, 0.6) is 0 Å². The predicted molar refractivity (Wildman–Crippen MR) is 210 cm³/mol. The molecule has 258 valence electrons. The molecule has 7 aromatic rings. The van der Waals surface area contributed by atoms with Crippen molar-refractivity contribution < 1.29 is 18.4 Å². The van der Waals surface area contributed by atoms with Crippen LogP contribution < -0.4 is 0 Å². The van der Waals surface area contributed by atoms with E-state index in [0.717, 1.165) is 102 Å². The van der Waals surface area contributed by atoms with E-state index in [1.165, 1.54) is 64.2 Å². The summed E-state index contributed by atoms with van der Waals surface area (Å²) >= 11 is 0. The molecule has 0 aliphatic rings. The average molecular weight is 667 g/mol. The van der Waals surface area contributed by atoms with Gasteiger partial charge in [-0.2, -0.15) is 0 Å². The van der Waals surface area contributed by atoms with Gasteiger partial charge in [0, 0.05) is 45.5 Å². The highest BCUT2D eigenvalue weighted by Crippen LogP contribution is 2.39. The number of rotatable bonds is 18. The van der Waals surface area contributed by atoms with Crippen LogP contribution in [0.1, 0.15) is 137 Å². The van der Waals surface area contributed by atoms with Crippen LogP contribution in [0.25, 0.3) is 65.4 Å². The van der Waals surface area contributed by atoms with E-state index in [-0.39, 0.29) is 11.6 Å². The van der Waals surface area contributed by atoms with E-state index in [0.29, 0.717) is 12.8 Å². The molecule has 0 N–H and O–H groups in total. The van der Waals surface area contributed by atoms with Crippen LogP contribution in [0.3, 0.4) is 0 Å². The molecule has 4 nitrogen and oxygen atoms in total. The number of ketones is 2. The molecule has 5 aromatic carbocycles. The number of furan rings is 2. The zero-order valence-electron chi connectivity index (χ0n) is 29.9. The summed E-state index contributed by atoms with van der Waals surface area (Å²) in [6, 6.07) is 24.7. The second-order valence-corrected chi connectivity index (χ2v) is 14.5. The molecule has 0 aliphatic heterocycles. The number of carbonyl (C=O) groups excluding carboxylic acids is 2. The Labute approximate surface area is 295 Å². The smallest absolute Gasteiger partial charge is 0.162 e. The van der Waals surface area contributed by atoms with Crippen molar-refractivity contribution in [3.8, 4) is 0 Å². The molecule has 0 fully saturated rings. The Morgan fingerprint density at radius 2 is 0.760 bits per heavy atom. The van der Waals surface area contributed by atoms with Crippen LogP contribution in [-0.2, 0) is 0 Å². The summed E-state index contributed by atoms with van der Waals surface area (Å²) in [5.74, 6) is 0.437. The zero-order valence-corrected chi connectivity index (χ0v) is 29.9. The first kappa shape index (κ1) is 34.0. The van der Waals surface area contributed by atoms with Gasteiger partial charge in [0.05, 0.1) is 0 Å². The first-order chi connectivity index (χ1) is 24.5. The quantitative estimate of drug-likeness (QED) is 0.0675. The van der Waals surface area contributed by atoms with E-state index in [4.69, 9.17) is 8.83 Å². The lowest BCUT2D eigenvalue weighted by Crippen LogP contribution is -1.98. The first-order valence-electron chi connectivity index (χ1n) is 19.3. The number of hydrogen-bond acceptors (Lipinski definition) is 4. The maximum atomic E-state index is 13.0. The molecule has 0 aliphatic carbocycles. The van der Waals surface area contributed by atoms with E-state index < -0.39 is 0 Å². The topological polar surface area (TPSA) is 60.4 Å². The molecule has 0 saturated heterocycles. The molecular formula is C46H50O4. The average Bonchev–Trinajstić information content (AvgIpc) is 3.66. The molecule has 7 rings (SSSR count). The summed E-state index contributed by atoms with van der Waals surface area (Å²) in [7, 11) is 0. The second kappa shape index (κ2) is 15.6. The lowest BCUT2D eigenvalue weighted by Gasteiger charge is -2.04. The Hall–Kier alpha value is -4.44. The normalized spacial score (nSPS) is 12.0. The molecule has 4 heteroatoms. The lowest BCUT2D eigenvalue weighted by molar-refractivity contribution is 0.0971. The Bertz CT molecular complexity index is 2130. The number of benzene rings is 5. The SMILES string of the molecule is CCCCCCCCCC(=O)c1ccc2cc3c(cc2c1)oc1cc2c(cc13)oc1cc3cc(C(=O)CCCCCCCCC)ccc3cc12. The Balaban J connectivity index is 1.09. The highest BCUT2D eigenvalue weighted by molar-refractivity contribution is 6.18. The fourth-order valence-electron chi connectivity index (χ4n) is 7.65. The monoisotopic (exact) mass is 666 g/mol. The van der Waals surface area contributed by atoms with Crippen LogP contribution in [-0.4, -0.2) is 11.6 Å². The van der Waals surface area contributed by atoms with Gasteiger partial charge in [0.2, 0.25) is 0 Å².